The van der Waals surface area contributed by atoms with Crippen molar-refractivity contribution >= 4 is 23.2 Å². The van der Waals surface area contributed by atoms with Crippen LogP contribution >= 0.6 is 0 Å². The lowest BCUT2D eigenvalue weighted by Gasteiger charge is -2.35. The van der Waals surface area contributed by atoms with Crippen molar-refractivity contribution in [2.24, 2.45) is 0 Å². The summed E-state index contributed by atoms with van der Waals surface area (Å²) in [6.45, 7) is 3.97. The average Bonchev–Trinajstić information content (AvgIpc) is 3.24. The summed E-state index contributed by atoms with van der Waals surface area (Å²) in [7, 11) is 0. The first kappa shape index (κ1) is 20.5. The van der Waals surface area contributed by atoms with Gasteiger partial charge in [-0.3, -0.25) is 14.7 Å². The lowest BCUT2D eigenvalue weighted by molar-refractivity contribution is -0.120. The van der Waals surface area contributed by atoms with Crippen LogP contribution < -0.4 is 10.2 Å². The molecular weight excluding hydrogens is 402 g/mol. The van der Waals surface area contributed by atoms with Crippen LogP contribution in [0.15, 0.2) is 48.9 Å². The van der Waals surface area contributed by atoms with E-state index in [1.165, 1.54) is 5.56 Å². The standard InChI is InChI=1S/C24H27N7O/c1-17-14-21(28-22-15-25-10-11-26-22)29-24(27-17)20-8-4-5-12-30(20)16-23(32)31-13-9-18-6-2-3-7-19(18)31/h2-3,6-7,10-11,14-15,20H,4-5,8-9,12-13,16H2,1H3,(H,26,27,28,29). The van der Waals surface area contributed by atoms with Crippen LogP contribution in [0.2, 0.25) is 0 Å². The van der Waals surface area contributed by atoms with E-state index in [0.29, 0.717) is 18.2 Å². The fourth-order valence-corrected chi connectivity index (χ4v) is 4.63. The van der Waals surface area contributed by atoms with Gasteiger partial charge in [0, 0.05) is 36.4 Å². The molecule has 0 spiro atoms. The molecule has 0 radical (unpaired) electrons. The zero-order valence-electron chi connectivity index (χ0n) is 18.2. The van der Waals surface area contributed by atoms with Crippen molar-refractivity contribution in [3.05, 3.63) is 66.0 Å². The summed E-state index contributed by atoms with van der Waals surface area (Å²) in [5, 5.41) is 3.22. The van der Waals surface area contributed by atoms with E-state index in [2.05, 4.69) is 26.3 Å². The minimum absolute atomic E-state index is 0.0212. The van der Waals surface area contributed by atoms with E-state index in [-0.39, 0.29) is 11.9 Å². The molecule has 0 bridgehead atoms. The van der Waals surface area contributed by atoms with Crippen LogP contribution in [-0.2, 0) is 11.2 Å². The Balaban J connectivity index is 1.35. The maximum Gasteiger partial charge on any atom is 0.241 e. The van der Waals surface area contributed by atoms with Crippen molar-refractivity contribution in [3.63, 3.8) is 0 Å². The van der Waals surface area contributed by atoms with Gasteiger partial charge in [-0.05, 0) is 44.4 Å². The fourth-order valence-electron chi connectivity index (χ4n) is 4.63. The molecule has 1 aromatic carbocycles. The van der Waals surface area contributed by atoms with Gasteiger partial charge in [0.05, 0.1) is 18.8 Å². The van der Waals surface area contributed by atoms with E-state index >= 15 is 0 Å². The third-order valence-electron chi connectivity index (χ3n) is 6.13. The number of hydrogen-bond donors (Lipinski definition) is 1. The second-order valence-corrected chi connectivity index (χ2v) is 8.37. The zero-order chi connectivity index (χ0) is 21.9. The van der Waals surface area contributed by atoms with Crippen molar-refractivity contribution in [3.8, 4) is 0 Å². The predicted molar refractivity (Wildman–Crippen MR) is 123 cm³/mol. The Labute approximate surface area is 187 Å². The Kier molecular flexibility index (Phi) is 5.77. The monoisotopic (exact) mass is 429 g/mol. The van der Waals surface area contributed by atoms with Crippen molar-refractivity contribution < 1.29 is 4.79 Å². The van der Waals surface area contributed by atoms with Crippen molar-refractivity contribution in [1.82, 2.24) is 24.8 Å². The predicted octanol–water partition coefficient (Wildman–Crippen LogP) is 3.43. The number of hydrogen-bond acceptors (Lipinski definition) is 7. The molecule has 1 amide bonds. The van der Waals surface area contributed by atoms with E-state index in [4.69, 9.17) is 9.97 Å². The number of rotatable bonds is 5. The molecule has 1 unspecified atom stereocenters. The Morgan fingerprint density at radius 1 is 1.12 bits per heavy atom. The normalized spacial score (nSPS) is 18.4. The first-order chi connectivity index (χ1) is 15.7. The number of carbonyl (C=O) groups is 1. The number of piperidine rings is 1. The third kappa shape index (κ3) is 4.31. The third-order valence-corrected chi connectivity index (χ3v) is 6.13. The van der Waals surface area contributed by atoms with Crippen molar-refractivity contribution in [1.29, 1.82) is 0 Å². The van der Waals surface area contributed by atoms with Gasteiger partial charge in [-0.1, -0.05) is 24.6 Å². The molecule has 164 valence electrons. The van der Waals surface area contributed by atoms with Crippen molar-refractivity contribution in [2.45, 2.75) is 38.6 Å². The summed E-state index contributed by atoms with van der Waals surface area (Å²) < 4.78 is 0. The van der Waals surface area contributed by atoms with Gasteiger partial charge in [0.1, 0.15) is 17.5 Å². The first-order valence-corrected chi connectivity index (χ1v) is 11.2. The number of likely N-dealkylation sites (tertiary alicyclic amines) is 1. The van der Waals surface area contributed by atoms with Crippen LogP contribution in [0.1, 0.15) is 42.4 Å². The van der Waals surface area contributed by atoms with Crippen LogP contribution in [0.5, 0.6) is 0 Å². The van der Waals surface area contributed by atoms with Gasteiger partial charge in [0.25, 0.3) is 0 Å². The van der Waals surface area contributed by atoms with E-state index in [9.17, 15) is 4.79 Å². The second-order valence-electron chi connectivity index (χ2n) is 8.37. The number of aromatic nitrogens is 4. The molecule has 1 saturated heterocycles. The minimum Gasteiger partial charge on any atom is -0.324 e. The topological polar surface area (TPSA) is 87.1 Å². The molecule has 3 aromatic rings. The summed E-state index contributed by atoms with van der Waals surface area (Å²) >= 11 is 0. The lowest BCUT2D eigenvalue weighted by atomic mass is 10.0. The first-order valence-electron chi connectivity index (χ1n) is 11.2. The van der Waals surface area contributed by atoms with Crippen LogP contribution in [0.4, 0.5) is 17.3 Å². The molecule has 4 heterocycles. The number of para-hydroxylation sites is 1. The molecule has 8 heteroatoms. The molecule has 5 rings (SSSR count). The highest BCUT2D eigenvalue weighted by Gasteiger charge is 2.31. The molecule has 32 heavy (non-hydrogen) atoms. The van der Waals surface area contributed by atoms with Crippen LogP contribution in [0.3, 0.4) is 0 Å². The smallest absolute Gasteiger partial charge is 0.241 e. The number of carbonyl (C=O) groups excluding carboxylic acids is 1. The van der Waals surface area contributed by atoms with Gasteiger partial charge < -0.3 is 10.2 Å². The number of benzene rings is 1. The lowest BCUT2D eigenvalue weighted by Crippen LogP contribution is -2.43. The van der Waals surface area contributed by atoms with E-state index in [1.54, 1.807) is 18.6 Å². The summed E-state index contributed by atoms with van der Waals surface area (Å²) in [6, 6.07) is 10.1. The minimum atomic E-state index is 0.0212. The van der Waals surface area contributed by atoms with Crippen LogP contribution in [-0.4, -0.2) is 50.4 Å². The molecule has 0 aliphatic carbocycles. The molecule has 2 aliphatic rings. The largest absolute Gasteiger partial charge is 0.324 e. The molecule has 1 fully saturated rings. The molecule has 8 nitrogen and oxygen atoms in total. The number of aryl methyl sites for hydroxylation is 1. The number of nitrogens with zero attached hydrogens (tertiary/aromatic N) is 6. The van der Waals surface area contributed by atoms with Crippen LogP contribution in [0, 0.1) is 6.92 Å². The van der Waals surface area contributed by atoms with Crippen molar-refractivity contribution in [2.75, 3.05) is 29.9 Å². The Morgan fingerprint density at radius 2 is 2.03 bits per heavy atom. The summed E-state index contributed by atoms with van der Waals surface area (Å²) in [6.07, 6.45) is 8.99. The summed E-state index contributed by atoms with van der Waals surface area (Å²) in [5.41, 5.74) is 3.18. The van der Waals surface area contributed by atoms with Gasteiger partial charge in [0.2, 0.25) is 5.91 Å². The number of anilines is 3. The maximum atomic E-state index is 13.2. The van der Waals surface area contributed by atoms with Gasteiger partial charge in [-0.15, -0.1) is 0 Å². The number of fused-ring (bicyclic) bond motifs is 1. The number of amides is 1. The Bertz CT molecular complexity index is 1100. The Hall–Kier alpha value is -3.39. The highest BCUT2D eigenvalue weighted by atomic mass is 16.2. The molecule has 2 aromatic heterocycles. The molecule has 1 atom stereocenters. The Morgan fingerprint density at radius 3 is 2.91 bits per heavy atom. The summed E-state index contributed by atoms with van der Waals surface area (Å²) in [5.74, 6) is 2.23. The highest BCUT2D eigenvalue weighted by molar-refractivity contribution is 5.96. The van der Waals surface area contributed by atoms with Gasteiger partial charge in [0.15, 0.2) is 0 Å². The van der Waals surface area contributed by atoms with Gasteiger partial charge >= 0.3 is 0 Å². The van der Waals surface area contributed by atoms with E-state index in [1.807, 2.05) is 36.1 Å². The van der Waals surface area contributed by atoms with E-state index in [0.717, 1.165) is 56.0 Å². The highest BCUT2D eigenvalue weighted by Crippen LogP contribution is 2.32. The molecule has 0 saturated carbocycles. The SMILES string of the molecule is Cc1cc(Nc2cnccn2)nc(C2CCCCN2CC(=O)N2CCc3ccccc32)n1. The quantitative estimate of drug-likeness (QED) is 0.665. The van der Waals surface area contributed by atoms with Crippen LogP contribution in [0.25, 0.3) is 0 Å². The molecular formula is C24H27N7O. The average molecular weight is 430 g/mol. The fraction of sp³-hybridized carbons (Fsp3) is 0.375. The zero-order valence-corrected chi connectivity index (χ0v) is 18.2. The summed E-state index contributed by atoms with van der Waals surface area (Å²) in [4.78, 5) is 35.3. The maximum absolute atomic E-state index is 13.2. The number of nitrogens with one attached hydrogen (secondary N) is 1. The van der Waals surface area contributed by atoms with Gasteiger partial charge in [-0.2, -0.15) is 0 Å². The molecule has 1 N–H and O–H groups in total. The molecule has 2 aliphatic heterocycles. The van der Waals surface area contributed by atoms with E-state index < -0.39 is 0 Å². The second kappa shape index (κ2) is 9.00. The van der Waals surface area contributed by atoms with Gasteiger partial charge in [-0.25, -0.2) is 15.0 Å².